The van der Waals surface area contributed by atoms with E-state index in [4.69, 9.17) is 82.4 Å². The topological polar surface area (TPSA) is 142 Å². The van der Waals surface area contributed by atoms with E-state index in [0.29, 0.717) is 5.56 Å². The Bertz CT molecular complexity index is 2540. The second kappa shape index (κ2) is 25.0. The number of hydrogen-bond donors (Lipinski definition) is 1. The van der Waals surface area contributed by atoms with Crippen molar-refractivity contribution in [3.63, 3.8) is 0 Å². The van der Waals surface area contributed by atoms with E-state index in [1.54, 1.807) is 0 Å². The number of alkyl carbamates (subject to hydrolysis) is 1. The number of rotatable bonds is 17. The van der Waals surface area contributed by atoms with Gasteiger partial charge in [0, 0.05) is 29.2 Å². The van der Waals surface area contributed by atoms with Gasteiger partial charge in [-0.05, 0) is 29.3 Å². The molecule has 1 amide bonds. The third-order valence-electron chi connectivity index (χ3n) is 11.6. The summed E-state index contributed by atoms with van der Waals surface area (Å²) in [6.07, 6.45) is -13.8. The Labute approximate surface area is 433 Å². The van der Waals surface area contributed by atoms with Gasteiger partial charge in [-0.15, -0.1) is 0 Å². The van der Waals surface area contributed by atoms with Crippen LogP contribution in [0.1, 0.15) is 41.0 Å². The molecule has 3 aliphatic rings. The maximum Gasteiger partial charge on any atom is 0.417 e. The van der Waals surface area contributed by atoms with Crippen LogP contribution in [0.4, 0.5) is 18.0 Å². The largest absolute Gasteiger partial charge is 0.463 e. The number of carbonyl (C=O) groups excluding carboxylic acids is 2. The third-order valence-corrected chi connectivity index (χ3v) is 13.1. The minimum atomic E-state index is -4.75. The van der Waals surface area contributed by atoms with Crippen LogP contribution < -0.4 is 5.32 Å². The van der Waals surface area contributed by atoms with Crippen LogP contribution in [0, 0.1) is 0 Å². The van der Waals surface area contributed by atoms with Crippen molar-refractivity contribution in [1.82, 2.24) is 5.32 Å². The summed E-state index contributed by atoms with van der Waals surface area (Å²) in [5.41, 5.74) is 0.0253. The van der Waals surface area contributed by atoms with Gasteiger partial charge in [-0.2, -0.15) is 13.2 Å². The molecular weight excluding hydrogens is 1020 g/mol. The van der Waals surface area contributed by atoms with E-state index in [0.717, 1.165) is 28.3 Å². The lowest BCUT2D eigenvalue weighted by molar-refractivity contribution is -0.347. The molecule has 0 saturated carbocycles. The Hall–Kier alpha value is -4.76. The highest BCUT2D eigenvalue weighted by Crippen LogP contribution is 2.42. The second-order valence-corrected chi connectivity index (χ2v) is 20.5. The molecule has 3 fully saturated rings. The molecule has 11 atom stereocenters. The molecule has 0 unspecified atom stereocenters. The van der Waals surface area contributed by atoms with E-state index in [1.807, 2.05) is 121 Å². The predicted molar refractivity (Wildman–Crippen MR) is 263 cm³/mol. The summed E-state index contributed by atoms with van der Waals surface area (Å²) in [4.78, 5) is 32.0. The molecule has 0 bridgehead atoms. The monoisotopic (exact) mass is 1070 g/mol. The fourth-order valence-electron chi connectivity index (χ4n) is 8.34. The summed E-state index contributed by atoms with van der Waals surface area (Å²) in [7, 11) is 0. The highest BCUT2D eigenvalue weighted by atomic mass is 35.6. The summed E-state index contributed by atoms with van der Waals surface area (Å²) in [6, 6.07) is 39.2. The molecule has 0 aliphatic carbocycles. The second-order valence-electron chi connectivity index (χ2n) is 16.8. The molecule has 5 aromatic rings. The summed E-state index contributed by atoms with van der Waals surface area (Å²) in [5.74, 6) is -0.628. The summed E-state index contributed by atoms with van der Waals surface area (Å²) < 4.78 is 100.0. The maximum absolute atomic E-state index is 14.6. The van der Waals surface area contributed by atoms with Crippen LogP contribution in [0.25, 0.3) is 0 Å². The van der Waals surface area contributed by atoms with Crippen molar-refractivity contribution < 1.29 is 65.4 Å². The first-order chi connectivity index (χ1) is 34.7. The zero-order valence-corrected chi connectivity index (χ0v) is 41.5. The van der Waals surface area contributed by atoms with Crippen LogP contribution in [0.2, 0.25) is 0 Å². The van der Waals surface area contributed by atoms with Gasteiger partial charge in [0.2, 0.25) is 3.79 Å². The van der Waals surface area contributed by atoms with Crippen LogP contribution in [0.15, 0.2) is 155 Å². The number of alkyl halides is 6. The number of nitrogens with one attached hydrogen (secondary N) is 1. The number of halogens is 6. The van der Waals surface area contributed by atoms with Crippen molar-refractivity contribution in [1.29, 1.82) is 0 Å². The molecule has 0 radical (unpaired) electrons. The molecule has 5 aromatic carbocycles. The molecule has 20 heteroatoms. The van der Waals surface area contributed by atoms with Crippen LogP contribution in [-0.2, 0) is 66.8 Å². The molecule has 3 heterocycles. The smallest absolute Gasteiger partial charge is 0.417 e. The molecule has 3 aliphatic heterocycles. The van der Waals surface area contributed by atoms with E-state index in [2.05, 4.69) is 5.32 Å². The highest BCUT2D eigenvalue weighted by Gasteiger charge is 2.56. The third kappa shape index (κ3) is 14.7. The summed E-state index contributed by atoms with van der Waals surface area (Å²) in [5, 5.41) is 2.87. The number of amides is 1. The first-order valence-electron chi connectivity index (χ1n) is 22.8. The number of thioether (sulfide) groups is 1. The highest BCUT2D eigenvalue weighted by molar-refractivity contribution is 7.99. The molecule has 382 valence electrons. The first-order valence-corrected chi connectivity index (χ1v) is 24.8. The number of aliphatic imine (C=N–C) groups is 1. The Morgan fingerprint density at radius 2 is 1.35 bits per heavy atom. The molecule has 0 aromatic heterocycles. The summed E-state index contributed by atoms with van der Waals surface area (Å²) >= 11 is 19.3. The maximum atomic E-state index is 14.6. The molecule has 3 saturated heterocycles. The van der Waals surface area contributed by atoms with Gasteiger partial charge in [0.05, 0.1) is 31.4 Å². The normalized spacial score (nSPS) is 26.6. The number of ether oxygens (including phenoxy) is 9. The average Bonchev–Trinajstić information content (AvgIpc) is 3.37. The number of fused-ring (bicyclic) bond motifs is 1. The van der Waals surface area contributed by atoms with Gasteiger partial charge in [0.25, 0.3) is 0 Å². The predicted octanol–water partition coefficient (Wildman–Crippen LogP) is 10.4. The zero-order chi connectivity index (χ0) is 50.7. The Morgan fingerprint density at radius 3 is 1.97 bits per heavy atom. The van der Waals surface area contributed by atoms with Crippen molar-refractivity contribution in [2.45, 2.75) is 102 Å². The van der Waals surface area contributed by atoms with Crippen molar-refractivity contribution in [2.75, 3.05) is 19.8 Å². The quantitative estimate of drug-likeness (QED) is 0.0538. The molecule has 8 rings (SSSR count). The Morgan fingerprint density at radius 1 is 0.750 bits per heavy atom. The summed E-state index contributed by atoms with van der Waals surface area (Å²) in [6.45, 7) is 0.234. The lowest BCUT2D eigenvalue weighted by Gasteiger charge is -2.51. The fourth-order valence-corrected chi connectivity index (χ4v) is 9.65. The number of hydrogen-bond acceptors (Lipinski definition) is 13. The minimum absolute atomic E-state index is 0.00497. The molecule has 13 nitrogen and oxygen atoms in total. The zero-order valence-electron chi connectivity index (χ0n) is 38.4. The number of esters is 1. The van der Waals surface area contributed by atoms with Gasteiger partial charge in [-0.3, -0.25) is 9.79 Å². The van der Waals surface area contributed by atoms with E-state index < -0.39 is 101 Å². The minimum Gasteiger partial charge on any atom is -0.463 e. The standard InChI is InChI=1S/C52H50Cl3F3N2O11S/c1-32(61)63-29-39-43(64-27-33-16-6-2-7-17-33)45(65-28-34-18-8-3-9-19-34)41(59-26-36-22-14-15-25-38(36)52(56,57)58)48(68-39)71-46-42(60-50(62)67-31-51(53,54)55)49(72-37-23-12-5-13-24-37)69-40-30-66-47(70-44(40)46)35-20-10-4-11-21-35/h2-26,39-49H,27-31H2,1H3,(H,60,62)/t39-,40-,41-,42-,43+,44-,45-,46-,47-,48-,49+/m1/s1. The van der Waals surface area contributed by atoms with Crippen LogP contribution >= 0.6 is 46.6 Å². The van der Waals surface area contributed by atoms with Gasteiger partial charge in [0.1, 0.15) is 61.3 Å². The van der Waals surface area contributed by atoms with Crippen molar-refractivity contribution in [3.05, 3.63) is 173 Å². The van der Waals surface area contributed by atoms with Gasteiger partial charge >= 0.3 is 18.2 Å². The van der Waals surface area contributed by atoms with Crippen LogP contribution in [0.3, 0.4) is 0 Å². The Balaban J connectivity index is 1.26. The fraction of sp³-hybridized carbons (Fsp3) is 0.365. The first kappa shape index (κ1) is 53.5. The van der Waals surface area contributed by atoms with E-state index in [-0.39, 0.29) is 32.0 Å². The number of carbonyl (C=O) groups is 2. The van der Waals surface area contributed by atoms with Crippen molar-refractivity contribution in [3.8, 4) is 0 Å². The SMILES string of the molecule is CC(=O)OC[C@H]1O[C@H](O[C@@H]2[C@@H](NC(=O)OCC(Cl)(Cl)Cl)[C@H](Sc3ccccc3)O[C@@H]3CO[C@@H](c4ccccc4)O[C@@H]23)[C@H](N=Cc2ccccc2C(F)(F)F)[C@@H](OCc2ccccc2)[C@H]1OCc1ccccc1. The van der Waals surface area contributed by atoms with Crippen molar-refractivity contribution >= 4 is 64.8 Å². The molecular formula is C52H50Cl3F3N2O11S. The van der Waals surface area contributed by atoms with Gasteiger partial charge < -0.3 is 47.9 Å². The van der Waals surface area contributed by atoms with Gasteiger partial charge in [0.15, 0.2) is 12.6 Å². The average molecular weight is 1070 g/mol. The van der Waals surface area contributed by atoms with E-state index >= 15 is 0 Å². The van der Waals surface area contributed by atoms with Gasteiger partial charge in [-0.1, -0.05) is 174 Å². The Kier molecular flexibility index (Phi) is 18.6. The number of benzene rings is 5. The molecule has 0 spiro atoms. The molecule has 72 heavy (non-hydrogen) atoms. The molecule has 1 N–H and O–H groups in total. The lowest BCUT2D eigenvalue weighted by Crippen LogP contribution is -2.69. The van der Waals surface area contributed by atoms with E-state index in [9.17, 15) is 22.8 Å². The number of nitrogens with zero attached hydrogens (tertiary/aromatic N) is 1. The van der Waals surface area contributed by atoms with E-state index in [1.165, 1.54) is 36.9 Å². The lowest BCUT2D eigenvalue weighted by atomic mass is 9.94. The van der Waals surface area contributed by atoms with Crippen LogP contribution in [0.5, 0.6) is 0 Å². The van der Waals surface area contributed by atoms with Gasteiger partial charge in [-0.25, -0.2) is 4.79 Å². The van der Waals surface area contributed by atoms with Crippen molar-refractivity contribution in [2.24, 2.45) is 4.99 Å². The van der Waals surface area contributed by atoms with Crippen LogP contribution in [-0.4, -0.2) is 102 Å².